The van der Waals surface area contributed by atoms with Gasteiger partial charge in [-0.25, -0.2) is 0 Å². The van der Waals surface area contributed by atoms with Crippen LogP contribution in [0.5, 0.6) is 0 Å². The fourth-order valence-corrected chi connectivity index (χ4v) is 4.81. The molecule has 0 bridgehead atoms. The number of hydrogen-bond donors (Lipinski definition) is 2. The first-order valence-electron chi connectivity index (χ1n) is 10.8. The average molecular weight is 491 g/mol. The first-order chi connectivity index (χ1) is 15.7. The second-order valence-corrected chi connectivity index (χ2v) is 10.0. The van der Waals surface area contributed by atoms with Gasteiger partial charge in [0.25, 0.3) is 5.91 Å². The molecule has 1 atom stereocenters. The van der Waals surface area contributed by atoms with Crippen LogP contribution in [-0.4, -0.2) is 59.6 Å². The number of nitrogens with one attached hydrogen (secondary N) is 1. The topological polar surface area (TPSA) is 104 Å². The number of benzene rings is 1. The van der Waals surface area contributed by atoms with Gasteiger partial charge in [-0.05, 0) is 55.1 Å². The van der Waals surface area contributed by atoms with Crippen molar-refractivity contribution in [3.63, 3.8) is 0 Å². The zero-order valence-corrected chi connectivity index (χ0v) is 20.0. The summed E-state index contributed by atoms with van der Waals surface area (Å²) < 4.78 is 0.454. The second kappa shape index (κ2) is 11.5. The van der Waals surface area contributed by atoms with E-state index < -0.39 is 30.1 Å². The number of nitrogens with zero attached hydrogens (tertiary/aromatic N) is 1. The summed E-state index contributed by atoms with van der Waals surface area (Å²) in [6, 6.07) is 8.33. The summed E-state index contributed by atoms with van der Waals surface area (Å²) in [5.74, 6) is -2.36. The maximum atomic E-state index is 13.1. The third-order valence-corrected chi connectivity index (χ3v) is 6.96. The Kier molecular flexibility index (Phi) is 8.77. The van der Waals surface area contributed by atoms with Crippen LogP contribution in [0.3, 0.4) is 0 Å². The van der Waals surface area contributed by atoms with E-state index in [0.717, 1.165) is 42.8 Å². The Morgan fingerprint density at radius 1 is 1.12 bits per heavy atom. The van der Waals surface area contributed by atoms with E-state index in [1.54, 1.807) is 12.1 Å². The van der Waals surface area contributed by atoms with Crippen molar-refractivity contribution in [3.8, 4) is 0 Å². The van der Waals surface area contributed by atoms with Crippen LogP contribution in [0.2, 0.25) is 4.34 Å². The minimum atomic E-state index is -1.21. The zero-order chi connectivity index (χ0) is 24.0. The predicted octanol–water partition coefficient (Wildman–Crippen LogP) is 3.17. The molecule has 3 rings (SSSR count). The van der Waals surface area contributed by atoms with Crippen molar-refractivity contribution in [2.75, 3.05) is 20.1 Å². The minimum absolute atomic E-state index is 0.0472. The Bertz CT molecular complexity index is 1050. The predicted molar refractivity (Wildman–Crippen MR) is 127 cm³/mol. The number of carboxylic acid groups (broad SMARTS) is 1. The number of thiophene rings is 1. The van der Waals surface area contributed by atoms with Gasteiger partial charge in [0.1, 0.15) is 12.2 Å². The van der Waals surface area contributed by atoms with E-state index in [4.69, 9.17) is 16.7 Å². The van der Waals surface area contributed by atoms with Gasteiger partial charge in [0.05, 0.1) is 15.3 Å². The average Bonchev–Trinajstić information content (AvgIpc) is 3.11. The van der Waals surface area contributed by atoms with Crippen LogP contribution in [0.15, 0.2) is 30.3 Å². The third-order valence-electron chi connectivity index (χ3n) is 5.73. The van der Waals surface area contributed by atoms with E-state index in [2.05, 4.69) is 29.4 Å². The first-order valence-corrected chi connectivity index (χ1v) is 12.0. The van der Waals surface area contributed by atoms with Crippen molar-refractivity contribution in [3.05, 3.63) is 56.2 Å². The lowest BCUT2D eigenvalue weighted by molar-refractivity contribution is -0.140. The number of aliphatic carboxylic acids is 1. The van der Waals surface area contributed by atoms with Crippen LogP contribution in [0.1, 0.15) is 45.6 Å². The van der Waals surface area contributed by atoms with Crippen molar-refractivity contribution >= 4 is 46.4 Å². The van der Waals surface area contributed by atoms with Crippen LogP contribution in [0, 0.1) is 0 Å². The summed E-state index contributed by atoms with van der Waals surface area (Å²) >= 11 is 7.01. The lowest BCUT2D eigenvalue weighted by atomic mass is 9.94. The SMILES string of the molecule is CN1CCc2ccc(CC(=O)[C@@H](CCC(=O)CC(=O)O)NC(=O)c3ccc(Cl)s3)cc2CC1. The molecule has 176 valence electrons. The normalized spacial score (nSPS) is 14.7. The van der Waals surface area contributed by atoms with E-state index in [0.29, 0.717) is 9.21 Å². The second-order valence-electron chi connectivity index (χ2n) is 8.33. The van der Waals surface area contributed by atoms with Crippen molar-refractivity contribution in [1.82, 2.24) is 10.2 Å². The van der Waals surface area contributed by atoms with Gasteiger partial charge in [0, 0.05) is 25.9 Å². The number of carbonyl (C=O) groups is 4. The van der Waals surface area contributed by atoms with Crippen LogP contribution in [0.25, 0.3) is 0 Å². The molecule has 2 N–H and O–H groups in total. The fourth-order valence-electron chi connectivity index (χ4n) is 3.87. The zero-order valence-electron chi connectivity index (χ0n) is 18.4. The molecule has 2 aromatic rings. The quantitative estimate of drug-likeness (QED) is 0.496. The van der Waals surface area contributed by atoms with E-state index in [1.165, 1.54) is 11.1 Å². The molecule has 0 unspecified atom stereocenters. The molecular formula is C24H27ClN2O5S. The number of carbonyl (C=O) groups excluding carboxylic acids is 3. The number of halogens is 1. The molecule has 0 saturated carbocycles. The molecule has 0 spiro atoms. The standard InChI is InChI=1S/C24H27ClN2O5S/c1-27-10-8-16-3-2-15(12-17(16)9-11-27)13-20(29)19(5-4-18(28)14-23(30)31)26-24(32)21-6-7-22(25)33-21/h2-3,6-7,12,19H,4-5,8-11,13-14H2,1H3,(H,26,32)(H,30,31)/t19-/m1/s1. The number of carboxylic acids is 1. The fraction of sp³-hybridized carbons (Fsp3) is 0.417. The number of likely N-dealkylation sites (N-methyl/N-ethyl adjacent to an activating group) is 1. The van der Waals surface area contributed by atoms with Gasteiger partial charge in [-0.3, -0.25) is 19.2 Å². The molecule has 1 aliphatic rings. The molecule has 1 aliphatic heterocycles. The van der Waals surface area contributed by atoms with Crippen LogP contribution < -0.4 is 5.32 Å². The molecule has 7 nitrogen and oxygen atoms in total. The highest BCUT2D eigenvalue weighted by atomic mass is 35.5. The van der Waals surface area contributed by atoms with Gasteiger partial charge in [0.2, 0.25) is 0 Å². The molecule has 0 radical (unpaired) electrons. The van der Waals surface area contributed by atoms with Gasteiger partial charge in [0.15, 0.2) is 5.78 Å². The van der Waals surface area contributed by atoms with Crippen molar-refractivity contribution in [1.29, 1.82) is 0 Å². The maximum Gasteiger partial charge on any atom is 0.310 e. The van der Waals surface area contributed by atoms with Gasteiger partial charge < -0.3 is 15.3 Å². The Hall–Kier alpha value is -2.55. The number of rotatable bonds is 10. The van der Waals surface area contributed by atoms with Gasteiger partial charge >= 0.3 is 5.97 Å². The highest BCUT2D eigenvalue weighted by Crippen LogP contribution is 2.22. The summed E-state index contributed by atoms with van der Waals surface area (Å²) in [4.78, 5) is 51.1. The number of amides is 1. The summed E-state index contributed by atoms with van der Waals surface area (Å²) in [5.41, 5.74) is 3.38. The molecular weight excluding hydrogens is 464 g/mol. The molecule has 1 aromatic carbocycles. The van der Waals surface area contributed by atoms with Crippen molar-refractivity contribution < 1.29 is 24.3 Å². The van der Waals surface area contributed by atoms with Gasteiger partial charge in [-0.1, -0.05) is 29.8 Å². The number of ketones is 2. The third kappa shape index (κ3) is 7.48. The Morgan fingerprint density at radius 2 is 1.85 bits per heavy atom. The Balaban J connectivity index is 1.71. The maximum absolute atomic E-state index is 13.1. The number of fused-ring (bicyclic) bond motifs is 1. The van der Waals surface area contributed by atoms with E-state index in [1.807, 2.05) is 6.07 Å². The Labute approximate surface area is 201 Å². The molecule has 1 aromatic heterocycles. The van der Waals surface area contributed by atoms with Crippen LogP contribution in [-0.2, 0) is 33.6 Å². The Morgan fingerprint density at radius 3 is 2.52 bits per heavy atom. The summed E-state index contributed by atoms with van der Waals surface area (Å²) in [6.07, 6.45) is 1.34. The largest absolute Gasteiger partial charge is 0.481 e. The van der Waals surface area contributed by atoms with Crippen LogP contribution in [0.4, 0.5) is 0 Å². The molecule has 0 aliphatic carbocycles. The number of hydrogen-bond acceptors (Lipinski definition) is 6. The highest BCUT2D eigenvalue weighted by Gasteiger charge is 2.24. The molecule has 0 fully saturated rings. The lowest BCUT2D eigenvalue weighted by Crippen LogP contribution is -2.41. The van der Waals surface area contributed by atoms with E-state index in [9.17, 15) is 19.2 Å². The number of Topliss-reactive ketones (excluding diaryl/α,β-unsaturated/α-hetero) is 2. The summed E-state index contributed by atoms with van der Waals surface area (Å²) in [5, 5.41) is 11.5. The molecule has 9 heteroatoms. The van der Waals surface area contributed by atoms with E-state index >= 15 is 0 Å². The first kappa shape index (κ1) is 25.1. The monoisotopic (exact) mass is 490 g/mol. The van der Waals surface area contributed by atoms with Crippen molar-refractivity contribution in [2.24, 2.45) is 0 Å². The summed E-state index contributed by atoms with van der Waals surface area (Å²) in [7, 11) is 2.09. The molecule has 0 saturated heterocycles. The lowest BCUT2D eigenvalue weighted by Gasteiger charge is -2.18. The van der Waals surface area contributed by atoms with Gasteiger partial charge in [-0.2, -0.15) is 0 Å². The van der Waals surface area contributed by atoms with Crippen LogP contribution >= 0.6 is 22.9 Å². The minimum Gasteiger partial charge on any atom is -0.481 e. The molecule has 2 heterocycles. The van der Waals surface area contributed by atoms with E-state index in [-0.39, 0.29) is 25.0 Å². The van der Waals surface area contributed by atoms with Crippen molar-refractivity contribution in [2.45, 2.75) is 44.6 Å². The smallest absolute Gasteiger partial charge is 0.310 e. The highest BCUT2D eigenvalue weighted by molar-refractivity contribution is 7.18. The molecule has 1 amide bonds. The van der Waals surface area contributed by atoms with Gasteiger partial charge in [-0.15, -0.1) is 11.3 Å². The molecule has 33 heavy (non-hydrogen) atoms. The summed E-state index contributed by atoms with van der Waals surface area (Å²) in [6.45, 7) is 1.95.